The van der Waals surface area contributed by atoms with Gasteiger partial charge in [-0.2, -0.15) is 0 Å². The molecule has 4 N–H and O–H groups in total. The maximum absolute atomic E-state index is 12.5. The molecule has 1 amide bonds. The number of ether oxygens (including phenoxy) is 2. The summed E-state index contributed by atoms with van der Waals surface area (Å²) in [5.74, 6) is -5.86. The van der Waals surface area contributed by atoms with Crippen molar-refractivity contribution < 1.29 is 39.2 Å². The Morgan fingerprint density at radius 1 is 1.16 bits per heavy atom. The number of carbonyl (C=O) groups excluding carboxylic acids is 1. The molecule has 31 heavy (non-hydrogen) atoms. The van der Waals surface area contributed by atoms with Crippen LogP contribution in [0.3, 0.4) is 0 Å². The summed E-state index contributed by atoms with van der Waals surface area (Å²) in [6.45, 7) is 4.64. The summed E-state index contributed by atoms with van der Waals surface area (Å²) >= 11 is 11.9. The fourth-order valence-electron chi connectivity index (χ4n) is 4.32. The van der Waals surface area contributed by atoms with Crippen LogP contribution >= 0.6 is 23.2 Å². The largest absolute Gasteiger partial charge is 0.481 e. The van der Waals surface area contributed by atoms with Gasteiger partial charge < -0.3 is 30.1 Å². The Labute approximate surface area is 188 Å². The van der Waals surface area contributed by atoms with E-state index >= 15 is 0 Å². The van der Waals surface area contributed by atoms with Gasteiger partial charge in [-0.05, 0) is 38.5 Å². The van der Waals surface area contributed by atoms with Gasteiger partial charge in [-0.25, -0.2) is 9.59 Å². The predicted octanol–water partition coefficient (Wildman–Crippen LogP) is 2.55. The van der Waals surface area contributed by atoms with E-state index in [0.717, 1.165) is 0 Å². The molecule has 1 aromatic rings. The molecular weight excluding hydrogens is 453 g/mol. The molecule has 0 saturated heterocycles. The maximum atomic E-state index is 12.5. The van der Waals surface area contributed by atoms with Crippen LogP contribution in [0.2, 0.25) is 10.0 Å². The smallest absolute Gasteiger partial charge is 0.408 e. The Bertz CT molecular complexity index is 917. The number of amides is 1. The molecule has 2 aliphatic rings. The topological polar surface area (TPSA) is 142 Å². The van der Waals surface area contributed by atoms with Crippen molar-refractivity contribution in [1.82, 2.24) is 5.32 Å². The molecule has 11 heteroatoms. The number of aliphatic carboxylic acids is 2. The van der Waals surface area contributed by atoms with E-state index in [4.69, 9.17) is 32.7 Å². The van der Waals surface area contributed by atoms with Gasteiger partial charge in [-0.1, -0.05) is 29.3 Å². The quantitative estimate of drug-likeness (QED) is 0.491. The van der Waals surface area contributed by atoms with E-state index < -0.39 is 59.1 Å². The third-order valence-electron chi connectivity index (χ3n) is 5.51. The lowest BCUT2D eigenvalue weighted by Crippen LogP contribution is -2.65. The monoisotopic (exact) mass is 475 g/mol. The predicted molar refractivity (Wildman–Crippen MR) is 109 cm³/mol. The summed E-state index contributed by atoms with van der Waals surface area (Å²) in [6, 6.07) is 4.67. The van der Waals surface area contributed by atoms with Crippen LogP contribution in [-0.4, -0.2) is 56.7 Å². The highest BCUT2D eigenvalue weighted by atomic mass is 35.5. The SMILES string of the molecule is CC(C)(C)OC(=O)N[C@]1(C(=O)O)[C@@H]2[C@@H](C(=O)O)[C@@H]2[C@@H](O)[C@H]1OCc1ccc(Cl)c(Cl)c1. The number of alkyl carbamates (subject to hydrolysis) is 1. The molecule has 0 bridgehead atoms. The zero-order valence-electron chi connectivity index (χ0n) is 17.0. The lowest BCUT2D eigenvalue weighted by molar-refractivity contribution is -0.161. The van der Waals surface area contributed by atoms with Crippen molar-refractivity contribution in [3.63, 3.8) is 0 Å². The van der Waals surface area contributed by atoms with Gasteiger partial charge in [0.1, 0.15) is 11.7 Å². The number of carboxylic acid groups (broad SMARTS) is 2. The first-order chi connectivity index (χ1) is 14.3. The minimum Gasteiger partial charge on any atom is -0.481 e. The maximum Gasteiger partial charge on any atom is 0.408 e. The van der Waals surface area contributed by atoms with E-state index in [9.17, 15) is 29.7 Å². The molecule has 0 heterocycles. The van der Waals surface area contributed by atoms with Gasteiger partial charge in [0, 0.05) is 11.8 Å². The number of carboxylic acids is 2. The van der Waals surface area contributed by atoms with Gasteiger partial charge in [0.25, 0.3) is 0 Å². The number of fused-ring (bicyclic) bond motifs is 1. The van der Waals surface area contributed by atoms with Crippen molar-refractivity contribution in [3.05, 3.63) is 33.8 Å². The van der Waals surface area contributed by atoms with Gasteiger partial charge in [-0.3, -0.25) is 4.79 Å². The summed E-state index contributed by atoms with van der Waals surface area (Å²) in [5, 5.41) is 33.2. The van der Waals surface area contributed by atoms with E-state index in [1.807, 2.05) is 0 Å². The van der Waals surface area contributed by atoms with Crippen molar-refractivity contribution in [2.75, 3.05) is 0 Å². The molecule has 2 saturated carbocycles. The second kappa shape index (κ2) is 8.12. The minimum absolute atomic E-state index is 0.152. The Morgan fingerprint density at radius 2 is 1.81 bits per heavy atom. The first-order valence-electron chi connectivity index (χ1n) is 9.50. The summed E-state index contributed by atoms with van der Waals surface area (Å²) in [4.78, 5) is 36.4. The Hall–Kier alpha value is -2.07. The van der Waals surface area contributed by atoms with Crippen molar-refractivity contribution in [1.29, 1.82) is 0 Å². The average Bonchev–Trinajstić information content (AvgIpc) is 3.32. The number of aliphatic hydroxyl groups excluding tert-OH is 1. The summed E-state index contributed by atoms with van der Waals surface area (Å²) in [6.07, 6.45) is -3.90. The van der Waals surface area contributed by atoms with Crippen molar-refractivity contribution in [2.24, 2.45) is 17.8 Å². The standard InChI is InChI=1S/C20H23Cl2NO8/c1-19(2,3)31-18(29)23-20(17(27)28)13-11(12(13)16(25)26)14(24)15(20)30-7-8-4-5-9(21)10(22)6-8/h4-6,11-15,24H,7H2,1-3H3,(H,23,29)(H,25,26)(H,27,28)/t11-,12-,13-,14+,15+,20+/m0/s1. The Balaban J connectivity index is 1.91. The van der Waals surface area contributed by atoms with Crippen LogP contribution in [-0.2, 0) is 25.7 Å². The Kier molecular flexibility index (Phi) is 6.18. The van der Waals surface area contributed by atoms with Crippen LogP contribution in [0, 0.1) is 17.8 Å². The average molecular weight is 476 g/mol. The fraction of sp³-hybridized carbons (Fsp3) is 0.550. The Morgan fingerprint density at radius 3 is 2.32 bits per heavy atom. The number of benzene rings is 1. The molecule has 0 radical (unpaired) electrons. The molecule has 2 aliphatic carbocycles. The van der Waals surface area contributed by atoms with Gasteiger partial charge in [-0.15, -0.1) is 0 Å². The second-order valence-electron chi connectivity index (χ2n) is 8.74. The number of carbonyl (C=O) groups is 3. The second-order valence-corrected chi connectivity index (χ2v) is 9.55. The lowest BCUT2D eigenvalue weighted by atomic mass is 9.86. The molecule has 6 atom stereocenters. The molecular formula is C20H23Cl2NO8. The van der Waals surface area contributed by atoms with Crippen LogP contribution in [0.4, 0.5) is 4.79 Å². The van der Waals surface area contributed by atoms with E-state index in [-0.39, 0.29) is 11.6 Å². The molecule has 2 fully saturated rings. The number of aliphatic hydroxyl groups is 1. The molecule has 0 aromatic heterocycles. The van der Waals surface area contributed by atoms with Crippen LogP contribution in [0.1, 0.15) is 26.3 Å². The molecule has 0 spiro atoms. The first-order valence-corrected chi connectivity index (χ1v) is 10.3. The van der Waals surface area contributed by atoms with Crippen LogP contribution < -0.4 is 5.32 Å². The number of halogens is 2. The van der Waals surface area contributed by atoms with Crippen LogP contribution in [0.15, 0.2) is 18.2 Å². The molecule has 0 aliphatic heterocycles. The molecule has 3 rings (SSSR count). The third kappa shape index (κ3) is 4.32. The molecule has 170 valence electrons. The minimum atomic E-state index is -2.19. The van der Waals surface area contributed by atoms with E-state index in [1.54, 1.807) is 26.8 Å². The van der Waals surface area contributed by atoms with E-state index in [2.05, 4.69) is 5.32 Å². The van der Waals surface area contributed by atoms with Gasteiger partial charge in [0.05, 0.1) is 28.7 Å². The highest BCUT2D eigenvalue weighted by Gasteiger charge is 2.80. The van der Waals surface area contributed by atoms with Crippen molar-refractivity contribution >= 4 is 41.2 Å². The molecule has 9 nitrogen and oxygen atoms in total. The summed E-state index contributed by atoms with van der Waals surface area (Å²) in [5.41, 5.74) is -2.56. The van der Waals surface area contributed by atoms with Crippen LogP contribution in [0.25, 0.3) is 0 Å². The van der Waals surface area contributed by atoms with Crippen LogP contribution in [0.5, 0.6) is 0 Å². The van der Waals surface area contributed by atoms with Gasteiger partial charge >= 0.3 is 18.0 Å². The fourth-order valence-corrected chi connectivity index (χ4v) is 4.64. The van der Waals surface area contributed by atoms with E-state index in [1.165, 1.54) is 12.1 Å². The highest BCUT2D eigenvalue weighted by molar-refractivity contribution is 6.42. The molecule has 0 unspecified atom stereocenters. The van der Waals surface area contributed by atoms with Gasteiger partial charge in [0.15, 0.2) is 5.54 Å². The highest BCUT2D eigenvalue weighted by Crippen LogP contribution is 2.63. The van der Waals surface area contributed by atoms with E-state index in [0.29, 0.717) is 10.6 Å². The van der Waals surface area contributed by atoms with Gasteiger partial charge in [0.2, 0.25) is 0 Å². The first kappa shape index (κ1) is 23.6. The lowest BCUT2D eigenvalue weighted by Gasteiger charge is -2.37. The normalized spacial score (nSPS) is 31.6. The number of hydrogen-bond donors (Lipinski definition) is 4. The number of rotatable bonds is 6. The molecule has 1 aromatic carbocycles. The number of hydrogen-bond acceptors (Lipinski definition) is 6. The summed E-state index contributed by atoms with van der Waals surface area (Å²) < 4.78 is 10.9. The zero-order valence-corrected chi connectivity index (χ0v) is 18.5. The van der Waals surface area contributed by atoms with Crippen molar-refractivity contribution in [2.45, 2.75) is 50.7 Å². The summed E-state index contributed by atoms with van der Waals surface area (Å²) in [7, 11) is 0. The number of nitrogens with one attached hydrogen (secondary N) is 1. The van der Waals surface area contributed by atoms with Crippen molar-refractivity contribution in [3.8, 4) is 0 Å². The zero-order chi connectivity index (χ0) is 23.3. The third-order valence-corrected chi connectivity index (χ3v) is 6.25.